The van der Waals surface area contributed by atoms with Gasteiger partial charge >= 0.3 is 58.6 Å². The van der Waals surface area contributed by atoms with Crippen LogP contribution in [-0.2, 0) is 83.5 Å². The summed E-state index contributed by atoms with van der Waals surface area (Å²) in [5.74, 6) is -5.37. The molecule has 0 aliphatic carbocycles. The van der Waals surface area contributed by atoms with Crippen LogP contribution in [0.2, 0.25) is 0 Å². The van der Waals surface area contributed by atoms with Gasteiger partial charge in [-0.2, -0.15) is 5.70 Å². The van der Waals surface area contributed by atoms with Crippen molar-refractivity contribution in [2.75, 3.05) is 46.2 Å². The zero-order valence-corrected chi connectivity index (χ0v) is 56.9. The molecule has 0 radical (unpaired) electrons. The Bertz CT molecular complexity index is 2700. The number of carbonyl (C=O) groups excluding carboxylic acids is 7. The summed E-state index contributed by atoms with van der Waals surface area (Å²) >= 11 is 0. The van der Waals surface area contributed by atoms with E-state index in [1.54, 1.807) is 0 Å². The molecule has 5 heterocycles. The maximum absolute atomic E-state index is 14.7. The molecule has 9 atom stereocenters. The molecule has 5 aliphatic heterocycles. The molecule has 0 aromatic rings. The number of hydrogen-bond acceptors (Lipinski definition) is 19. The first-order valence-electron chi connectivity index (χ1n) is 32.0. The number of rotatable bonds is 32. The van der Waals surface area contributed by atoms with Crippen LogP contribution < -0.4 is 0 Å². The molecule has 1 unspecified atom stereocenters. The Morgan fingerprint density at radius 3 is 1.39 bits per heavy atom. The van der Waals surface area contributed by atoms with Gasteiger partial charge in [-0.3, -0.25) is 48.5 Å². The van der Waals surface area contributed by atoms with Gasteiger partial charge in [0.15, 0.2) is 0 Å². The van der Waals surface area contributed by atoms with E-state index in [9.17, 15) is 33.6 Å². The number of allylic oxidation sites excluding steroid dienone is 6. The van der Waals surface area contributed by atoms with Gasteiger partial charge in [0, 0.05) is 82.5 Å². The molecule has 20 nitrogen and oxygen atoms in total. The van der Waals surface area contributed by atoms with Crippen LogP contribution in [0.5, 0.6) is 0 Å². The van der Waals surface area contributed by atoms with E-state index >= 15 is 0 Å². The van der Waals surface area contributed by atoms with Crippen molar-refractivity contribution in [3.8, 4) is 0 Å². The Labute approximate surface area is 540 Å². The first-order chi connectivity index (χ1) is 41.8. The molecule has 5 rings (SSSR count). The number of carbonyl (C=O) groups is 7. The standard InChI is InChI=1S/C66H101N4O14.2CN.Co/c1-16-31-78-50(71)26-23-44-48-39-49-62(10,11)45(24-27-51(72)79-32-17-2)57(68-49)42(8)59-63(12,30-29-53(74)81-34-19-4)47(38-54(75)82-35-20-5)61(69-59)66(15)65(14,41-56(77)84-37-22-7)46(25-28-52(73)80-33-18-3)58(70-66)43(9)60(67-48)64(44,13)40-55(76)83-36-21-6;2*1-2;/h39,44-47,61H,16-38,40-41H2,1-15H3;;;/q3*-1;+3/t44-,45-,46-,47+,61?,63-,64+,65+,66+;;;/m1.../s1. The summed E-state index contributed by atoms with van der Waals surface area (Å²) in [6, 6.07) is -0.903. The second-order valence-corrected chi connectivity index (χ2v) is 25.2. The van der Waals surface area contributed by atoms with Crippen LogP contribution in [0, 0.1) is 69.0 Å². The summed E-state index contributed by atoms with van der Waals surface area (Å²) in [6.07, 6.45) is 6.80. The van der Waals surface area contributed by atoms with Crippen molar-refractivity contribution in [3.63, 3.8) is 0 Å². The largest absolute Gasteiger partial charge is 3.00 e. The molecule has 0 spiro atoms. The second kappa shape index (κ2) is 36.6. The van der Waals surface area contributed by atoms with Crippen molar-refractivity contribution >= 4 is 58.9 Å². The molecular formula is C68H101CoN6O14. The summed E-state index contributed by atoms with van der Waals surface area (Å²) in [7, 11) is 0. The quantitative estimate of drug-likeness (QED) is 0.0344. The summed E-state index contributed by atoms with van der Waals surface area (Å²) in [5.41, 5.74) is -0.801. The number of aliphatic imine (C=N–C) groups is 3. The van der Waals surface area contributed by atoms with Crippen molar-refractivity contribution in [1.29, 1.82) is 10.5 Å². The van der Waals surface area contributed by atoms with E-state index in [1.807, 2.05) is 96.1 Å². The third-order valence-corrected chi connectivity index (χ3v) is 18.4. The van der Waals surface area contributed by atoms with Gasteiger partial charge in [-0.05, 0) is 114 Å². The molecule has 496 valence electrons. The van der Waals surface area contributed by atoms with Crippen molar-refractivity contribution < 1.29 is 83.5 Å². The molecule has 0 saturated carbocycles. The maximum Gasteiger partial charge on any atom is 3.00 e. The summed E-state index contributed by atoms with van der Waals surface area (Å²) in [6.45, 7) is 40.6. The van der Waals surface area contributed by atoms with Crippen molar-refractivity contribution in [1.82, 2.24) is 0 Å². The normalized spacial score (nSPS) is 28.2. The Kier molecular flexibility index (Phi) is 32.4. The van der Waals surface area contributed by atoms with E-state index in [1.165, 1.54) is 0 Å². The third kappa shape index (κ3) is 18.7. The summed E-state index contributed by atoms with van der Waals surface area (Å²) < 4.78 is 40.6. The van der Waals surface area contributed by atoms with E-state index < -0.39 is 86.8 Å². The van der Waals surface area contributed by atoms with E-state index in [0.717, 1.165) is 0 Å². The van der Waals surface area contributed by atoms with Crippen LogP contribution in [0.1, 0.15) is 219 Å². The number of ether oxygens (including phenoxy) is 7. The SMILES string of the molecule is CCCOC(=O)CC[C@@H]1/C2=C(\C)C3=NC([C@H](CC(=O)OCCC)[C@@]3(C)CCC(=O)OCCC)[C@]3(C)N=C(/C(C)=C4\[N-]/C(=C\C(=N2)C1(C)C)[C@@H](CCC(=O)OCCC)[C@]4(C)CC(=O)OCCC)[C@@H](CCC(=O)OCCC)[C@]3(C)CC(=O)OCCC.[C-]#N.[C-]#N.[Co+3]. The van der Waals surface area contributed by atoms with Crippen LogP contribution in [0.25, 0.3) is 5.32 Å². The Hall–Kier alpha value is -6.19. The molecule has 0 N–H and O–H groups in total. The van der Waals surface area contributed by atoms with Crippen molar-refractivity contribution in [2.45, 2.75) is 231 Å². The van der Waals surface area contributed by atoms with E-state index in [0.29, 0.717) is 96.7 Å². The van der Waals surface area contributed by atoms with Gasteiger partial charge in [0.2, 0.25) is 0 Å². The molecule has 1 saturated heterocycles. The van der Waals surface area contributed by atoms with Crippen LogP contribution in [0.15, 0.2) is 49.3 Å². The molecule has 89 heavy (non-hydrogen) atoms. The molecule has 0 aromatic heterocycles. The average Bonchev–Trinajstić information content (AvgIpc) is 1.57. The number of esters is 7. The smallest absolute Gasteiger partial charge is 0.664 e. The number of fused-ring (bicyclic) bond motifs is 6. The van der Waals surface area contributed by atoms with Gasteiger partial charge in [0.05, 0.1) is 77.1 Å². The molecule has 8 bridgehead atoms. The summed E-state index contributed by atoms with van der Waals surface area (Å²) in [4.78, 5) is 116. The molecule has 1 fully saturated rings. The minimum atomic E-state index is -1.40. The van der Waals surface area contributed by atoms with E-state index in [4.69, 9.17) is 77.1 Å². The fraction of sp³-hybridized carbons (Fsp3) is 0.735. The Morgan fingerprint density at radius 1 is 0.528 bits per heavy atom. The van der Waals surface area contributed by atoms with Gasteiger partial charge < -0.3 is 62.1 Å². The van der Waals surface area contributed by atoms with Crippen LogP contribution in [0.3, 0.4) is 0 Å². The van der Waals surface area contributed by atoms with Gasteiger partial charge in [0.25, 0.3) is 0 Å². The van der Waals surface area contributed by atoms with Gasteiger partial charge in [-0.25, -0.2) is 0 Å². The average molecular weight is 1290 g/mol. The van der Waals surface area contributed by atoms with Crippen molar-refractivity contribution in [3.05, 3.63) is 52.8 Å². The van der Waals surface area contributed by atoms with Crippen LogP contribution in [0.4, 0.5) is 0 Å². The predicted octanol–water partition coefficient (Wildman–Crippen LogP) is 13.0. The van der Waals surface area contributed by atoms with Gasteiger partial charge in [0.1, 0.15) is 0 Å². The van der Waals surface area contributed by atoms with Crippen LogP contribution in [-0.4, -0.2) is 117 Å². The van der Waals surface area contributed by atoms with E-state index in [2.05, 4.69) is 13.8 Å². The fourth-order valence-corrected chi connectivity index (χ4v) is 13.5. The molecule has 21 heteroatoms. The monoisotopic (exact) mass is 1280 g/mol. The minimum absolute atomic E-state index is 0. The topological polar surface area (TPSA) is 283 Å². The van der Waals surface area contributed by atoms with Crippen molar-refractivity contribution in [2.24, 2.45) is 60.3 Å². The predicted molar refractivity (Wildman–Crippen MR) is 333 cm³/mol. The fourth-order valence-electron chi connectivity index (χ4n) is 13.5. The molecular weight excluding hydrogens is 1180 g/mol. The molecule has 5 aliphatic rings. The van der Waals surface area contributed by atoms with Gasteiger partial charge in [-0.1, -0.05) is 89.2 Å². The number of hydrogen-bond donors (Lipinski definition) is 0. The second-order valence-electron chi connectivity index (χ2n) is 25.2. The zero-order valence-electron chi connectivity index (χ0n) is 55.9. The first-order valence-corrected chi connectivity index (χ1v) is 32.0. The zero-order chi connectivity index (χ0) is 66.2. The maximum atomic E-state index is 14.7. The Balaban J connectivity index is 0.00000529. The summed E-state index contributed by atoms with van der Waals surface area (Å²) in [5, 5.41) is 18.1. The third-order valence-electron chi connectivity index (χ3n) is 18.4. The molecule has 0 amide bonds. The van der Waals surface area contributed by atoms with E-state index in [-0.39, 0.29) is 139 Å². The van der Waals surface area contributed by atoms with Crippen LogP contribution >= 0.6 is 0 Å². The Morgan fingerprint density at radius 2 is 0.933 bits per heavy atom. The number of nitrogens with zero attached hydrogens (tertiary/aromatic N) is 6. The molecule has 0 aromatic carbocycles. The van der Waals surface area contributed by atoms with Gasteiger partial charge in [-0.15, -0.1) is 5.70 Å². The minimum Gasteiger partial charge on any atom is -0.664 e. The first kappa shape index (κ1) is 78.9.